The van der Waals surface area contributed by atoms with E-state index in [1.165, 1.54) is 0 Å². The van der Waals surface area contributed by atoms with E-state index in [1.54, 1.807) is 0 Å². The smallest absolute Gasteiger partial charge is 0.356 e. The summed E-state index contributed by atoms with van der Waals surface area (Å²) in [4.78, 5) is 27.2. The van der Waals surface area contributed by atoms with Crippen molar-refractivity contribution in [3.05, 3.63) is 0 Å². The number of aliphatic imine (C=N–C) groups is 2. The molecule has 0 amide bonds. The van der Waals surface area contributed by atoms with Crippen LogP contribution in [0.2, 0.25) is 0 Å². The predicted octanol–water partition coefficient (Wildman–Crippen LogP) is -0.991. The zero-order valence-corrected chi connectivity index (χ0v) is 5.31. The van der Waals surface area contributed by atoms with E-state index in [-0.39, 0.29) is 6.67 Å². The van der Waals surface area contributed by atoms with Gasteiger partial charge in [-0.15, -0.1) is 0 Å². The molecule has 0 aromatic heterocycles. The fraction of sp³-hybridized carbons (Fsp3) is 0.200. The Morgan fingerprint density at radius 2 is 1.45 bits per heavy atom. The van der Waals surface area contributed by atoms with Gasteiger partial charge in [0, 0.05) is 0 Å². The fourth-order valence-electron chi connectivity index (χ4n) is 0.664. The Hall–Kier alpha value is -1.72. The highest BCUT2D eigenvalue weighted by molar-refractivity contribution is 6.79. The molecule has 58 valence electrons. The van der Waals surface area contributed by atoms with Crippen LogP contribution in [0, 0.1) is 0 Å². The van der Waals surface area contributed by atoms with E-state index < -0.39 is 23.4 Å². The molecular weight excluding hydrogens is 152 g/mol. The number of carbonyl (C=O) groups is 2. The molecule has 0 unspecified atom stereocenters. The van der Waals surface area contributed by atoms with Crippen LogP contribution in [-0.2, 0) is 9.59 Å². The lowest BCUT2D eigenvalue weighted by molar-refractivity contribution is -0.131. The van der Waals surface area contributed by atoms with Crippen LogP contribution in [0.4, 0.5) is 0 Å². The van der Waals surface area contributed by atoms with Crippen LogP contribution in [-0.4, -0.2) is 40.2 Å². The van der Waals surface area contributed by atoms with Gasteiger partial charge in [0.25, 0.3) is 0 Å². The molecule has 1 aliphatic rings. The SMILES string of the molecule is O=C(O)C1=NCN=C1C(=O)O. The van der Waals surface area contributed by atoms with Crippen LogP contribution in [0.15, 0.2) is 9.98 Å². The van der Waals surface area contributed by atoms with E-state index in [2.05, 4.69) is 9.98 Å². The summed E-state index contributed by atoms with van der Waals surface area (Å²) in [5.41, 5.74) is -0.949. The van der Waals surface area contributed by atoms with Crippen molar-refractivity contribution in [3.8, 4) is 0 Å². The monoisotopic (exact) mass is 156 g/mol. The van der Waals surface area contributed by atoms with Gasteiger partial charge in [-0.1, -0.05) is 0 Å². The number of nitrogens with zero attached hydrogens (tertiary/aromatic N) is 2. The number of carboxylic acid groups (broad SMARTS) is 2. The van der Waals surface area contributed by atoms with Crippen molar-refractivity contribution in [1.82, 2.24) is 0 Å². The van der Waals surface area contributed by atoms with Crippen molar-refractivity contribution in [3.63, 3.8) is 0 Å². The van der Waals surface area contributed by atoms with Gasteiger partial charge >= 0.3 is 11.9 Å². The molecule has 6 nitrogen and oxygen atoms in total. The molecule has 0 saturated heterocycles. The topological polar surface area (TPSA) is 99.3 Å². The first-order valence-corrected chi connectivity index (χ1v) is 2.69. The van der Waals surface area contributed by atoms with Crippen LogP contribution in [0.1, 0.15) is 0 Å². The Kier molecular flexibility index (Phi) is 1.67. The Bertz CT molecular complexity index is 250. The second kappa shape index (κ2) is 2.49. The Balaban J connectivity index is 2.93. The highest BCUT2D eigenvalue weighted by Gasteiger charge is 2.26. The first-order valence-electron chi connectivity index (χ1n) is 2.69. The molecule has 1 rings (SSSR count). The standard InChI is InChI=1S/C5H4N2O4/c8-4(9)2-3(5(10)11)7-1-6-2/h1H2,(H,8,9)(H,10,11). The molecule has 1 heterocycles. The van der Waals surface area contributed by atoms with Gasteiger partial charge in [0.05, 0.1) is 0 Å². The largest absolute Gasteiger partial charge is 0.476 e. The second-order valence-corrected chi connectivity index (χ2v) is 1.77. The van der Waals surface area contributed by atoms with Crippen LogP contribution in [0.5, 0.6) is 0 Å². The second-order valence-electron chi connectivity index (χ2n) is 1.77. The molecule has 0 aliphatic carbocycles. The third kappa shape index (κ3) is 1.23. The van der Waals surface area contributed by atoms with Crippen molar-refractivity contribution in [1.29, 1.82) is 0 Å². The summed E-state index contributed by atoms with van der Waals surface area (Å²) in [6, 6.07) is 0. The minimum absolute atomic E-state index is 0.108. The maximum atomic E-state index is 10.2. The summed E-state index contributed by atoms with van der Waals surface area (Å²) in [6.07, 6.45) is 0. The van der Waals surface area contributed by atoms with E-state index in [9.17, 15) is 9.59 Å². The summed E-state index contributed by atoms with van der Waals surface area (Å²) >= 11 is 0. The quantitative estimate of drug-likeness (QED) is 0.536. The van der Waals surface area contributed by atoms with Gasteiger partial charge < -0.3 is 10.2 Å². The lowest BCUT2D eigenvalue weighted by Gasteiger charge is -1.91. The van der Waals surface area contributed by atoms with Crippen LogP contribution in [0.25, 0.3) is 0 Å². The summed E-state index contributed by atoms with van der Waals surface area (Å²) in [5.74, 6) is -2.72. The zero-order chi connectivity index (χ0) is 8.43. The van der Waals surface area contributed by atoms with Crippen molar-refractivity contribution < 1.29 is 19.8 Å². The molecule has 0 aromatic carbocycles. The average Bonchev–Trinajstić information content (AvgIpc) is 2.32. The van der Waals surface area contributed by atoms with Crippen LogP contribution < -0.4 is 0 Å². The number of hydrogen-bond acceptors (Lipinski definition) is 4. The molecule has 0 bridgehead atoms. The number of hydrogen-bond donors (Lipinski definition) is 2. The fourth-order valence-corrected chi connectivity index (χ4v) is 0.664. The molecule has 6 heteroatoms. The third-order valence-corrected chi connectivity index (χ3v) is 1.09. The van der Waals surface area contributed by atoms with Gasteiger partial charge in [-0.3, -0.25) is 9.98 Å². The summed E-state index contributed by atoms with van der Waals surface area (Å²) in [5, 5.41) is 16.7. The molecule has 0 spiro atoms. The molecule has 0 saturated carbocycles. The van der Waals surface area contributed by atoms with Crippen molar-refractivity contribution in [2.75, 3.05) is 6.67 Å². The molecule has 0 radical (unpaired) electrons. The normalized spacial score (nSPS) is 15.6. The Morgan fingerprint density at radius 1 is 1.09 bits per heavy atom. The Morgan fingerprint density at radius 3 is 1.73 bits per heavy atom. The maximum Gasteiger partial charge on any atom is 0.356 e. The van der Waals surface area contributed by atoms with Gasteiger partial charge in [0.1, 0.15) is 6.67 Å². The molecule has 0 aromatic rings. The minimum atomic E-state index is -1.36. The van der Waals surface area contributed by atoms with Gasteiger partial charge in [-0.2, -0.15) is 0 Å². The summed E-state index contributed by atoms with van der Waals surface area (Å²) in [7, 11) is 0. The highest BCUT2D eigenvalue weighted by atomic mass is 16.4. The van der Waals surface area contributed by atoms with E-state index in [1.807, 2.05) is 0 Å². The average molecular weight is 156 g/mol. The van der Waals surface area contributed by atoms with Crippen LogP contribution in [0.3, 0.4) is 0 Å². The number of aliphatic carboxylic acids is 2. The Labute approximate surface area is 60.9 Å². The van der Waals surface area contributed by atoms with Crippen molar-refractivity contribution in [2.45, 2.75) is 0 Å². The maximum absolute atomic E-state index is 10.2. The van der Waals surface area contributed by atoms with E-state index >= 15 is 0 Å². The van der Waals surface area contributed by atoms with Crippen molar-refractivity contribution in [2.24, 2.45) is 9.98 Å². The molecule has 0 atom stereocenters. The predicted molar refractivity (Wildman–Crippen MR) is 35.0 cm³/mol. The third-order valence-electron chi connectivity index (χ3n) is 1.09. The van der Waals surface area contributed by atoms with Crippen LogP contribution >= 0.6 is 0 Å². The molecule has 0 fully saturated rings. The lowest BCUT2D eigenvalue weighted by Crippen LogP contribution is -2.27. The van der Waals surface area contributed by atoms with E-state index in [0.717, 1.165) is 0 Å². The first kappa shape index (κ1) is 7.39. The first-order chi connectivity index (χ1) is 5.13. The summed E-state index contributed by atoms with van der Waals surface area (Å²) in [6.45, 7) is -0.108. The van der Waals surface area contributed by atoms with Gasteiger partial charge in [0.2, 0.25) is 0 Å². The van der Waals surface area contributed by atoms with Gasteiger partial charge in [-0.05, 0) is 0 Å². The van der Waals surface area contributed by atoms with E-state index in [4.69, 9.17) is 10.2 Å². The molecular formula is C5H4N2O4. The molecule has 1 aliphatic heterocycles. The minimum Gasteiger partial charge on any atom is -0.476 e. The number of carboxylic acids is 2. The van der Waals surface area contributed by atoms with Gasteiger partial charge in [-0.25, -0.2) is 9.59 Å². The zero-order valence-electron chi connectivity index (χ0n) is 5.31. The van der Waals surface area contributed by atoms with E-state index in [0.29, 0.717) is 0 Å². The molecule has 2 N–H and O–H groups in total. The van der Waals surface area contributed by atoms with Crippen molar-refractivity contribution >= 4 is 23.4 Å². The number of rotatable bonds is 2. The van der Waals surface area contributed by atoms with Gasteiger partial charge in [0.15, 0.2) is 11.4 Å². The molecule has 11 heavy (non-hydrogen) atoms. The lowest BCUT2D eigenvalue weighted by atomic mass is 10.2. The highest BCUT2D eigenvalue weighted by Crippen LogP contribution is 1.96. The summed E-state index contributed by atoms with van der Waals surface area (Å²) < 4.78 is 0.